The van der Waals surface area contributed by atoms with Crippen LogP contribution in [0.1, 0.15) is 37.8 Å². The van der Waals surface area contributed by atoms with E-state index in [2.05, 4.69) is 36.6 Å². The zero-order valence-electron chi connectivity index (χ0n) is 16.9. The molecule has 0 amide bonds. The summed E-state index contributed by atoms with van der Waals surface area (Å²) in [5, 5.41) is 8.95. The summed E-state index contributed by atoms with van der Waals surface area (Å²) >= 11 is 0. The van der Waals surface area contributed by atoms with Crippen LogP contribution in [-0.4, -0.2) is 45.8 Å². The van der Waals surface area contributed by atoms with Crippen LogP contribution in [0, 0.1) is 6.92 Å². The molecular weight excluding hydrogens is 378 g/mol. The Kier molecular flexibility index (Phi) is 3.56. The quantitative estimate of drug-likeness (QED) is 0.523. The van der Waals surface area contributed by atoms with Gasteiger partial charge in [0.25, 0.3) is 0 Å². The Morgan fingerprint density at radius 2 is 1.97 bits per heavy atom. The highest BCUT2D eigenvalue weighted by Gasteiger charge is 2.50. The van der Waals surface area contributed by atoms with Crippen molar-refractivity contribution in [2.75, 3.05) is 11.4 Å². The summed E-state index contributed by atoms with van der Waals surface area (Å²) in [6.45, 7) is 5.15. The fraction of sp³-hybridized carbons (Fsp3) is 0.333. The van der Waals surface area contributed by atoms with Gasteiger partial charge in [0, 0.05) is 36.9 Å². The fourth-order valence-corrected chi connectivity index (χ4v) is 4.91. The average molecular weight is 399 g/mol. The predicted octanol–water partition coefficient (Wildman–Crippen LogP) is 2.83. The molecule has 2 aliphatic heterocycles. The smallest absolute Gasteiger partial charge is 0.237 e. The van der Waals surface area contributed by atoms with E-state index in [1.54, 1.807) is 18.6 Å². The standard InChI is InChI=1S/C21H21N9/c1-3-21-7-4-11-29(21)18-16(30-14(2)26-27-19(21)30)13-24-20(25-18)28-12-10-23-17(28)15-5-8-22-9-6-15/h5-6,8-10,12-13H,3-4,7,11H2,1-2H3/t21-/m0/s1. The number of aromatic nitrogens is 8. The monoisotopic (exact) mass is 399 g/mol. The molecule has 1 saturated heterocycles. The van der Waals surface area contributed by atoms with Crippen molar-refractivity contribution in [3.8, 4) is 23.0 Å². The van der Waals surface area contributed by atoms with Crippen molar-refractivity contribution in [2.24, 2.45) is 0 Å². The van der Waals surface area contributed by atoms with E-state index in [4.69, 9.17) is 9.97 Å². The Morgan fingerprint density at radius 1 is 1.10 bits per heavy atom. The molecule has 0 radical (unpaired) electrons. The molecule has 30 heavy (non-hydrogen) atoms. The lowest BCUT2D eigenvalue weighted by Crippen LogP contribution is -2.47. The molecule has 2 aliphatic rings. The summed E-state index contributed by atoms with van der Waals surface area (Å²) in [4.78, 5) is 20.8. The van der Waals surface area contributed by atoms with E-state index in [1.807, 2.05) is 36.0 Å². The second kappa shape index (κ2) is 6.19. The molecule has 150 valence electrons. The maximum Gasteiger partial charge on any atom is 0.237 e. The van der Waals surface area contributed by atoms with Gasteiger partial charge in [0.15, 0.2) is 11.6 Å². The first kappa shape index (κ1) is 17.3. The number of nitrogens with zero attached hydrogens (tertiary/aromatic N) is 9. The zero-order valence-corrected chi connectivity index (χ0v) is 16.9. The van der Waals surface area contributed by atoms with Crippen LogP contribution < -0.4 is 4.90 Å². The third kappa shape index (κ3) is 2.17. The van der Waals surface area contributed by atoms with E-state index in [1.165, 1.54) is 0 Å². The van der Waals surface area contributed by atoms with Crippen LogP contribution in [0.25, 0.3) is 23.0 Å². The normalized spacial score (nSPS) is 19.5. The first-order valence-corrected chi connectivity index (χ1v) is 10.2. The van der Waals surface area contributed by atoms with E-state index in [0.29, 0.717) is 5.95 Å². The Bertz CT molecular complexity index is 1240. The van der Waals surface area contributed by atoms with Gasteiger partial charge in [-0.15, -0.1) is 10.2 Å². The van der Waals surface area contributed by atoms with Crippen molar-refractivity contribution in [3.05, 3.63) is 54.8 Å². The van der Waals surface area contributed by atoms with Crippen LogP contribution in [0.3, 0.4) is 0 Å². The third-order valence-electron chi connectivity index (χ3n) is 6.34. The maximum absolute atomic E-state index is 5.04. The molecule has 9 nitrogen and oxygen atoms in total. The van der Waals surface area contributed by atoms with Gasteiger partial charge in [-0.05, 0) is 38.3 Å². The Morgan fingerprint density at radius 3 is 2.80 bits per heavy atom. The average Bonchev–Trinajstić information content (AvgIpc) is 3.52. The second-order valence-electron chi connectivity index (χ2n) is 7.78. The lowest BCUT2D eigenvalue weighted by molar-refractivity contribution is 0.381. The van der Waals surface area contributed by atoms with Gasteiger partial charge in [-0.25, -0.2) is 9.97 Å². The highest BCUT2D eigenvalue weighted by atomic mass is 15.4. The Labute approximate surface area is 173 Å². The largest absolute Gasteiger partial charge is 0.342 e. The molecule has 6 rings (SSSR count). The first-order chi connectivity index (χ1) is 14.7. The third-order valence-corrected chi connectivity index (χ3v) is 6.34. The van der Waals surface area contributed by atoms with Crippen LogP contribution in [0.15, 0.2) is 43.1 Å². The number of hydrogen-bond donors (Lipinski definition) is 0. The van der Waals surface area contributed by atoms with Gasteiger partial charge < -0.3 is 4.90 Å². The molecule has 4 aromatic rings. The number of imidazole rings is 1. The SMILES string of the molecule is CC[C@@]12CCCN1c1nc(-n3ccnc3-c3ccncc3)ncc1-n1c(C)nnc12. The summed E-state index contributed by atoms with van der Waals surface area (Å²) in [6.07, 6.45) is 12.2. The summed E-state index contributed by atoms with van der Waals surface area (Å²) in [6, 6.07) is 3.87. The lowest BCUT2D eigenvalue weighted by Gasteiger charge is -2.42. The molecule has 0 unspecified atom stereocenters. The molecule has 0 spiro atoms. The Balaban J connectivity index is 1.55. The van der Waals surface area contributed by atoms with Crippen molar-refractivity contribution in [1.82, 2.24) is 39.3 Å². The summed E-state index contributed by atoms with van der Waals surface area (Å²) < 4.78 is 4.05. The van der Waals surface area contributed by atoms with Crippen LogP contribution >= 0.6 is 0 Å². The number of aryl methyl sites for hydroxylation is 1. The molecule has 0 bridgehead atoms. The van der Waals surface area contributed by atoms with Crippen LogP contribution in [0.5, 0.6) is 0 Å². The molecule has 0 saturated carbocycles. The van der Waals surface area contributed by atoms with E-state index in [0.717, 1.165) is 60.3 Å². The van der Waals surface area contributed by atoms with Crippen molar-refractivity contribution >= 4 is 5.82 Å². The van der Waals surface area contributed by atoms with Crippen LogP contribution in [0.4, 0.5) is 5.82 Å². The van der Waals surface area contributed by atoms with Gasteiger partial charge in [0.2, 0.25) is 5.95 Å². The van der Waals surface area contributed by atoms with E-state index < -0.39 is 0 Å². The summed E-state index contributed by atoms with van der Waals surface area (Å²) in [7, 11) is 0. The predicted molar refractivity (Wildman–Crippen MR) is 111 cm³/mol. The highest BCUT2D eigenvalue weighted by molar-refractivity contribution is 5.65. The first-order valence-electron chi connectivity index (χ1n) is 10.2. The molecule has 9 heteroatoms. The van der Waals surface area contributed by atoms with Crippen molar-refractivity contribution in [2.45, 2.75) is 38.6 Å². The molecule has 1 fully saturated rings. The number of anilines is 1. The van der Waals surface area contributed by atoms with Gasteiger partial charge in [0.1, 0.15) is 22.9 Å². The second-order valence-corrected chi connectivity index (χ2v) is 7.78. The molecule has 0 aliphatic carbocycles. The van der Waals surface area contributed by atoms with Gasteiger partial charge in [-0.1, -0.05) is 6.92 Å². The minimum Gasteiger partial charge on any atom is -0.342 e. The number of rotatable bonds is 3. The topological polar surface area (TPSA) is 90.4 Å². The summed E-state index contributed by atoms with van der Waals surface area (Å²) in [5.74, 6) is 4.19. The van der Waals surface area contributed by atoms with E-state index >= 15 is 0 Å². The van der Waals surface area contributed by atoms with Crippen molar-refractivity contribution < 1.29 is 0 Å². The van der Waals surface area contributed by atoms with Gasteiger partial charge in [0.05, 0.1) is 6.20 Å². The van der Waals surface area contributed by atoms with Crippen LogP contribution in [-0.2, 0) is 5.54 Å². The minimum absolute atomic E-state index is 0.164. The maximum atomic E-state index is 5.04. The molecule has 0 N–H and O–H groups in total. The van der Waals surface area contributed by atoms with Gasteiger partial charge in [-0.2, -0.15) is 4.98 Å². The highest BCUT2D eigenvalue weighted by Crippen LogP contribution is 2.49. The molecule has 6 heterocycles. The Hall–Kier alpha value is -3.62. The van der Waals surface area contributed by atoms with Crippen molar-refractivity contribution in [3.63, 3.8) is 0 Å². The van der Waals surface area contributed by atoms with Gasteiger partial charge >= 0.3 is 0 Å². The number of pyridine rings is 1. The van der Waals surface area contributed by atoms with Crippen molar-refractivity contribution in [1.29, 1.82) is 0 Å². The van der Waals surface area contributed by atoms with E-state index in [9.17, 15) is 0 Å². The fourth-order valence-electron chi connectivity index (χ4n) is 4.91. The zero-order chi connectivity index (χ0) is 20.3. The van der Waals surface area contributed by atoms with Crippen LogP contribution in [0.2, 0.25) is 0 Å². The summed E-state index contributed by atoms with van der Waals surface area (Å²) in [5.41, 5.74) is 1.74. The number of fused-ring (bicyclic) bond motifs is 6. The molecular formula is C21H21N9. The molecule has 1 atom stereocenters. The lowest BCUT2D eigenvalue weighted by atomic mass is 9.90. The van der Waals surface area contributed by atoms with E-state index in [-0.39, 0.29) is 5.54 Å². The molecule has 4 aromatic heterocycles. The molecule has 0 aromatic carbocycles. The minimum atomic E-state index is -0.164. The number of hydrogen-bond acceptors (Lipinski definition) is 7. The van der Waals surface area contributed by atoms with Gasteiger partial charge in [-0.3, -0.25) is 14.1 Å².